The predicted octanol–water partition coefficient (Wildman–Crippen LogP) is 1.35. The van der Waals surface area contributed by atoms with Crippen molar-refractivity contribution in [3.05, 3.63) is 207 Å². The maximum absolute atomic E-state index is 12.0. The average molecular weight is 2050 g/mol. The first kappa shape index (κ1) is 109. The van der Waals surface area contributed by atoms with Gasteiger partial charge in [0.1, 0.15) is 153 Å². The Morgan fingerprint density at radius 1 is 0.389 bits per heavy atom. The van der Waals surface area contributed by atoms with Crippen LogP contribution in [0.4, 0.5) is 0 Å². The number of hydrogen-bond donors (Lipinski definition) is 25. The van der Waals surface area contributed by atoms with Crippen molar-refractivity contribution in [2.24, 2.45) is 5.92 Å². The topological polar surface area (TPSA) is 633 Å². The Morgan fingerprint density at radius 3 is 1.03 bits per heavy atom. The molecule has 0 spiro atoms. The maximum Gasteiger partial charge on any atom is 0.309 e. The van der Waals surface area contributed by atoms with Gasteiger partial charge in [0.2, 0.25) is 0 Å². The lowest BCUT2D eigenvalue weighted by Crippen LogP contribution is -2.58. The van der Waals surface area contributed by atoms with Gasteiger partial charge in [0.05, 0.1) is 145 Å². The number of aliphatic hydroxyl groups is 20. The van der Waals surface area contributed by atoms with E-state index >= 15 is 0 Å². The average Bonchev–Trinajstić information content (AvgIpc) is 1.61. The van der Waals surface area contributed by atoms with Gasteiger partial charge in [-0.15, -0.1) is 0 Å². The fourth-order valence-corrected chi connectivity index (χ4v) is 18.9. The molecular weight excluding hydrogens is 1920 g/mol. The van der Waals surface area contributed by atoms with Gasteiger partial charge in [0.15, 0.2) is 0 Å². The molecule has 5 aromatic heterocycles. The van der Waals surface area contributed by atoms with E-state index in [4.69, 9.17) is 33.2 Å². The molecular formula is C110H123N11O28. The highest BCUT2D eigenvalue weighted by atomic mass is 16.6. The van der Waals surface area contributed by atoms with Gasteiger partial charge in [-0.3, -0.25) is 30.3 Å². The van der Waals surface area contributed by atoms with Gasteiger partial charge in [-0.25, -0.2) is 0 Å². The number of nitrogens with one attached hydrogen (secondary N) is 5. The Balaban J connectivity index is 0.000000133. The second-order valence-electron chi connectivity index (χ2n) is 37.7. The monoisotopic (exact) mass is 2050 g/mol. The summed E-state index contributed by atoms with van der Waals surface area (Å²) in [5.74, 6) is 28.9. The molecule has 0 saturated carbocycles. The van der Waals surface area contributed by atoms with Crippen LogP contribution in [-0.4, -0.2) is 390 Å². The molecule has 9 aliphatic rings. The lowest BCUT2D eigenvalue weighted by molar-refractivity contribution is -0.214. The Labute approximate surface area is 855 Å². The molecule has 39 heteroatoms. The third kappa shape index (κ3) is 25.6. The summed E-state index contributed by atoms with van der Waals surface area (Å²) in [6, 6.07) is 28.3. The minimum atomic E-state index is -1.48. The van der Waals surface area contributed by atoms with Crippen molar-refractivity contribution in [3.63, 3.8) is 0 Å². The van der Waals surface area contributed by atoms with E-state index in [0.717, 1.165) is 152 Å². The molecule has 20 rings (SSSR count). The van der Waals surface area contributed by atoms with Crippen LogP contribution >= 0.6 is 0 Å². The number of likely N-dealkylation sites (N-methyl/N-ethyl adjacent to an activating group) is 1. The van der Waals surface area contributed by atoms with Crippen LogP contribution in [-0.2, 0) is 44.4 Å². The van der Waals surface area contributed by atoms with Crippen molar-refractivity contribution in [2.75, 3.05) is 73.0 Å². The van der Waals surface area contributed by atoms with Crippen LogP contribution in [0.5, 0.6) is 0 Å². The Kier molecular flexibility index (Phi) is 37.0. The van der Waals surface area contributed by atoms with Gasteiger partial charge in [-0.2, -0.15) is 25.5 Å². The van der Waals surface area contributed by atoms with Gasteiger partial charge in [-0.05, 0) is 194 Å². The molecule has 5 fully saturated rings. The number of aryl methyl sites for hydroxylation is 1. The summed E-state index contributed by atoms with van der Waals surface area (Å²) < 4.78 is 37.9. The molecule has 786 valence electrons. The lowest BCUT2D eigenvalue weighted by Gasteiger charge is -2.37. The van der Waals surface area contributed by atoms with Crippen molar-refractivity contribution in [1.82, 2.24) is 55.9 Å². The summed E-state index contributed by atoms with van der Waals surface area (Å²) in [7, 11) is 2.09. The molecule has 39 nitrogen and oxygen atoms in total. The van der Waals surface area contributed by atoms with Gasteiger partial charge >= 0.3 is 5.97 Å². The van der Waals surface area contributed by atoms with Gasteiger partial charge in [-0.1, -0.05) is 127 Å². The van der Waals surface area contributed by atoms with Crippen LogP contribution in [0.15, 0.2) is 140 Å². The van der Waals surface area contributed by atoms with Crippen molar-refractivity contribution >= 4 is 94.9 Å². The summed E-state index contributed by atoms with van der Waals surface area (Å²) in [6.45, 7) is 4.98. The SMILES string of the molecule is CCOC(=O)C1CC=C(c2cc(C#C[C@H]3O[C@H](CO)[C@@H](O)[C@H](O)[C@@H]3O)c3[nH]ncc3c2)CC1.CCc1ccc(/C=C/c2cc(C#C[C@H]3O[C@H](CO)[C@@H](O)[C@H](O)[C@@H]3O)c3[nH]ncc3c2)cc1.CN1CC=C(c2cc(C#C[C@H]3O[C@H](CO)[C@@H](O)[C@H](O)[C@@H]3O)c3[nH]ncc3c2)CC1.OC[C@H]1O[C@H](C#Cc2cc(C3=CCCC3)cc3cn[nH]c23)[C@@H](O)[C@@H](O)[C@@H]1O.OC[C@H]1O[C@H](C#Cc2cc(C3=CCOCC3)cc3cn[nH]c23)[C@@H](O)[C@@H](O)[C@@H]1O. The van der Waals surface area contributed by atoms with E-state index in [1.807, 2.05) is 66.8 Å². The number of aromatic amines is 5. The summed E-state index contributed by atoms with van der Waals surface area (Å²) in [6.07, 6.45) is -2.18. The predicted molar refractivity (Wildman–Crippen MR) is 546 cm³/mol. The third-order valence-electron chi connectivity index (χ3n) is 27.8. The van der Waals surface area contributed by atoms with E-state index in [2.05, 4.69) is 184 Å². The summed E-state index contributed by atoms with van der Waals surface area (Å²) in [4.78, 5) is 14.3. The van der Waals surface area contributed by atoms with E-state index in [1.54, 1.807) is 37.9 Å². The number of aliphatic hydroxyl groups excluding tert-OH is 20. The third-order valence-corrected chi connectivity index (χ3v) is 27.8. The molecule has 6 aromatic carbocycles. The van der Waals surface area contributed by atoms with E-state index in [1.165, 1.54) is 22.3 Å². The highest BCUT2D eigenvalue weighted by molar-refractivity contribution is 5.93. The van der Waals surface area contributed by atoms with Gasteiger partial charge < -0.3 is 140 Å². The van der Waals surface area contributed by atoms with Gasteiger partial charge in [0.25, 0.3) is 0 Å². The molecule has 26 atom stereocenters. The zero-order chi connectivity index (χ0) is 105. The van der Waals surface area contributed by atoms with E-state index < -0.39 is 186 Å². The maximum atomic E-state index is 12.0. The number of nitrogens with zero attached hydrogens (tertiary/aromatic N) is 6. The van der Waals surface area contributed by atoms with Crippen molar-refractivity contribution < 1.29 is 140 Å². The number of rotatable bonds is 14. The molecule has 5 saturated heterocycles. The minimum absolute atomic E-state index is 0.128. The Hall–Kier alpha value is -12.4. The minimum Gasteiger partial charge on any atom is -0.466 e. The summed E-state index contributed by atoms with van der Waals surface area (Å²) >= 11 is 0. The van der Waals surface area contributed by atoms with Crippen molar-refractivity contribution in [2.45, 2.75) is 224 Å². The first-order valence-electron chi connectivity index (χ1n) is 49.5. The number of ether oxygens (including phenoxy) is 7. The number of fused-ring (bicyclic) bond motifs is 5. The Morgan fingerprint density at radius 2 is 0.725 bits per heavy atom. The van der Waals surface area contributed by atoms with Crippen LogP contribution in [0.2, 0.25) is 0 Å². The quantitative estimate of drug-likeness (QED) is 0.0415. The highest BCUT2D eigenvalue weighted by Gasteiger charge is 2.48. The van der Waals surface area contributed by atoms with Crippen LogP contribution in [0.25, 0.3) is 89.0 Å². The number of esters is 1. The zero-order valence-corrected chi connectivity index (χ0v) is 81.8. The molecule has 12 heterocycles. The standard InChI is InChI=1S/C25H26N2O5.C24H28N2O7.C21H25N3O5.C20H22N2O6.C20H22N2O5/c1-2-15-3-5-16(6-4-15)7-8-17-11-18(22-19(12-17)13-26-27-22)9-10-20-23(29)25(31)24(30)21(14-28)32-20;1-2-32-24(31)14-5-3-13(4-6-14)16-9-15(20-17(10-16)11-25-26-20)7-8-18-21(28)23(30)22(29)19(12-27)33-18;1-24-6-4-12(5-7-24)14-8-13(18-15(9-14)10-22-23-18)2-3-16-19(26)21(28)20(27)17(11-25)29-16;23-10-16-19(25)20(26)18(24)15(28-16)2-1-12-7-13(11-3-5-27-6-4-11)8-14-9-21-22-17(12)14;23-10-16-19(25)20(26)18(24)15(27-16)6-5-12-7-13(11-3-1-2-4-11)8-14-9-21-22-17(12)14/h3-8,11-13,20-21,23-25,28-31H,2,14H2,1H3,(H,26,27);3,9-11,14,18-19,21-23,27-30H,2,4-6,12H2,1H3,(H,25,26);4,8-10,16-17,19-21,25-28H,5-7,11H2,1H3,(H,22,23);3,7-9,15-16,18-20,23-26H,4-6,10H2,(H,21,22);3,7-9,15-16,18-20,23-26H,1-2,4,10H2,(H,21,22)/b8-7+;;;;/t20-,21-,23-,24-,25-;14?,18-,19-,21-,22-,23-;16-,17-,19-,20-,21-;2*15-,16-,18-,19-,20-/m11111/s1. The second-order valence-corrected chi connectivity index (χ2v) is 37.7. The molecule has 0 bridgehead atoms. The molecule has 0 radical (unpaired) electrons. The molecule has 0 amide bonds. The lowest BCUT2D eigenvalue weighted by atomic mass is 9.86. The smallest absolute Gasteiger partial charge is 0.309 e. The van der Waals surface area contributed by atoms with Crippen LogP contribution < -0.4 is 0 Å². The second kappa shape index (κ2) is 50.5. The van der Waals surface area contributed by atoms with E-state index in [0.29, 0.717) is 60.5 Å². The molecule has 7 aliphatic heterocycles. The first-order chi connectivity index (χ1) is 72.0. The first-order valence-corrected chi connectivity index (χ1v) is 49.5. The van der Waals surface area contributed by atoms with Gasteiger partial charge in [0, 0.05) is 40.0 Å². The number of carbonyl (C=O) groups excluding carboxylic acids is 1. The fourth-order valence-electron chi connectivity index (χ4n) is 18.9. The molecule has 2 aliphatic carbocycles. The number of carbonyl (C=O) groups is 1. The van der Waals surface area contributed by atoms with Crippen molar-refractivity contribution in [1.29, 1.82) is 0 Å². The summed E-state index contributed by atoms with van der Waals surface area (Å²) in [5.41, 5.74) is 19.4. The van der Waals surface area contributed by atoms with Crippen molar-refractivity contribution in [3.8, 4) is 59.2 Å². The van der Waals surface area contributed by atoms with E-state index in [9.17, 15) is 107 Å². The highest BCUT2D eigenvalue weighted by Crippen LogP contribution is 2.38. The van der Waals surface area contributed by atoms with Crippen LogP contribution in [0.3, 0.4) is 0 Å². The van der Waals surface area contributed by atoms with E-state index in [-0.39, 0.29) is 11.9 Å². The zero-order valence-electron chi connectivity index (χ0n) is 81.8. The van der Waals surface area contributed by atoms with Crippen LogP contribution in [0.1, 0.15) is 132 Å². The molecule has 11 aromatic rings. The number of benzene rings is 6. The van der Waals surface area contributed by atoms with Crippen LogP contribution in [0, 0.1) is 65.1 Å². The molecule has 1 unspecified atom stereocenters. The normalized spacial score (nSPS) is 29.4. The number of H-pyrrole nitrogens is 5. The molecule has 25 N–H and O–H groups in total. The Bertz CT molecular complexity index is 7000. The number of aromatic nitrogens is 10. The molecule has 149 heavy (non-hydrogen) atoms. The number of hydrogen-bond acceptors (Lipinski definition) is 34. The largest absolute Gasteiger partial charge is 0.466 e. The fraction of sp³-hybridized carbons (Fsp3) is 0.436. The number of allylic oxidation sites excluding steroid dienone is 4. The summed E-state index contributed by atoms with van der Waals surface area (Å²) in [5, 5.41) is 237.